The lowest BCUT2D eigenvalue weighted by molar-refractivity contribution is -0.0442. The summed E-state index contributed by atoms with van der Waals surface area (Å²) in [7, 11) is 0. The van der Waals surface area contributed by atoms with Crippen molar-refractivity contribution in [1.82, 2.24) is 14.9 Å². The van der Waals surface area contributed by atoms with E-state index in [1.165, 1.54) is 11.3 Å². The number of ether oxygens (including phenoxy) is 1. The van der Waals surface area contributed by atoms with Gasteiger partial charge in [0.15, 0.2) is 5.82 Å². The number of thioether (sulfide) groups is 1. The van der Waals surface area contributed by atoms with E-state index in [0.29, 0.717) is 6.04 Å². The quantitative estimate of drug-likeness (QED) is 0.922. The molecule has 21 heavy (non-hydrogen) atoms. The Balaban J connectivity index is 1.86. The molecule has 2 aliphatic heterocycles. The van der Waals surface area contributed by atoms with Gasteiger partial charge in [0.2, 0.25) is 0 Å². The van der Waals surface area contributed by atoms with E-state index in [4.69, 9.17) is 14.7 Å². The highest BCUT2D eigenvalue weighted by atomic mass is 32.2. The van der Waals surface area contributed by atoms with Crippen molar-refractivity contribution in [3.8, 4) is 0 Å². The molecule has 1 unspecified atom stereocenters. The van der Waals surface area contributed by atoms with Gasteiger partial charge in [0.25, 0.3) is 0 Å². The fourth-order valence-corrected chi connectivity index (χ4v) is 3.86. The second kappa shape index (κ2) is 6.50. The van der Waals surface area contributed by atoms with Crippen LogP contribution >= 0.6 is 11.8 Å². The molecule has 0 radical (unpaired) electrons. The SMILES string of the molecule is CCNc1nc(C2CN(C(C)C)CCO2)nc2c1CSC2. The highest BCUT2D eigenvalue weighted by molar-refractivity contribution is 7.98. The van der Waals surface area contributed by atoms with E-state index in [-0.39, 0.29) is 6.10 Å². The van der Waals surface area contributed by atoms with Crippen LogP contribution < -0.4 is 5.32 Å². The minimum atomic E-state index is -0.00513. The maximum Gasteiger partial charge on any atom is 0.161 e. The molecule has 6 heteroatoms. The number of aromatic nitrogens is 2. The van der Waals surface area contributed by atoms with E-state index in [1.54, 1.807) is 0 Å². The second-order valence-electron chi connectivity index (χ2n) is 5.83. The maximum absolute atomic E-state index is 5.94. The van der Waals surface area contributed by atoms with Crippen LogP contribution in [0.4, 0.5) is 5.82 Å². The van der Waals surface area contributed by atoms with E-state index in [1.807, 2.05) is 11.8 Å². The average Bonchev–Trinajstić information content (AvgIpc) is 2.96. The molecule has 3 heterocycles. The largest absolute Gasteiger partial charge is 0.370 e. The Morgan fingerprint density at radius 3 is 3.00 bits per heavy atom. The fraction of sp³-hybridized carbons (Fsp3) is 0.733. The van der Waals surface area contributed by atoms with Crippen molar-refractivity contribution in [3.05, 3.63) is 17.1 Å². The number of nitrogens with one attached hydrogen (secondary N) is 1. The smallest absolute Gasteiger partial charge is 0.161 e. The summed E-state index contributed by atoms with van der Waals surface area (Å²) in [5.41, 5.74) is 2.47. The van der Waals surface area contributed by atoms with Crippen molar-refractivity contribution < 1.29 is 4.74 Å². The molecule has 1 aromatic rings. The van der Waals surface area contributed by atoms with E-state index in [9.17, 15) is 0 Å². The van der Waals surface area contributed by atoms with Gasteiger partial charge in [0, 0.05) is 42.7 Å². The third-order valence-corrected chi connectivity index (χ3v) is 5.03. The molecule has 2 aliphatic rings. The summed E-state index contributed by atoms with van der Waals surface area (Å²) < 4.78 is 5.94. The minimum Gasteiger partial charge on any atom is -0.370 e. The van der Waals surface area contributed by atoms with Crippen LogP contribution in [0.5, 0.6) is 0 Å². The van der Waals surface area contributed by atoms with Gasteiger partial charge >= 0.3 is 0 Å². The first-order valence-corrected chi connectivity index (χ1v) is 8.91. The molecule has 0 amide bonds. The molecule has 3 rings (SSSR count). The Bertz CT molecular complexity index is 509. The number of hydrogen-bond donors (Lipinski definition) is 1. The standard InChI is InChI=1S/C15H24N4OS/c1-4-16-14-11-8-21-9-12(11)17-15(18-14)13-7-19(10(2)3)5-6-20-13/h10,13H,4-9H2,1-3H3,(H,16,17,18). The Morgan fingerprint density at radius 2 is 2.24 bits per heavy atom. The molecule has 1 fully saturated rings. The lowest BCUT2D eigenvalue weighted by Gasteiger charge is -2.35. The fourth-order valence-electron chi connectivity index (χ4n) is 2.82. The van der Waals surface area contributed by atoms with Crippen molar-refractivity contribution in [2.24, 2.45) is 0 Å². The first-order valence-electron chi connectivity index (χ1n) is 7.76. The zero-order chi connectivity index (χ0) is 14.8. The average molecular weight is 308 g/mol. The van der Waals surface area contributed by atoms with Crippen LogP contribution in [-0.2, 0) is 16.2 Å². The molecule has 1 saturated heterocycles. The van der Waals surface area contributed by atoms with Crippen molar-refractivity contribution in [3.63, 3.8) is 0 Å². The van der Waals surface area contributed by atoms with Crippen LogP contribution in [0.25, 0.3) is 0 Å². The molecule has 0 aliphatic carbocycles. The summed E-state index contributed by atoms with van der Waals surface area (Å²) in [4.78, 5) is 12.0. The van der Waals surface area contributed by atoms with Gasteiger partial charge in [0.1, 0.15) is 11.9 Å². The molecule has 0 spiro atoms. The minimum absolute atomic E-state index is 0.00513. The lowest BCUT2D eigenvalue weighted by atomic mass is 10.2. The van der Waals surface area contributed by atoms with E-state index < -0.39 is 0 Å². The summed E-state index contributed by atoms with van der Waals surface area (Å²) in [5.74, 6) is 3.86. The predicted molar refractivity (Wildman–Crippen MR) is 86.6 cm³/mol. The normalized spacial score (nSPS) is 22.6. The molecule has 0 aromatic carbocycles. The van der Waals surface area contributed by atoms with Crippen LogP contribution in [0.15, 0.2) is 0 Å². The molecular weight excluding hydrogens is 284 g/mol. The van der Waals surface area contributed by atoms with Crippen molar-refractivity contribution in [2.45, 2.75) is 44.4 Å². The van der Waals surface area contributed by atoms with E-state index in [2.05, 4.69) is 31.0 Å². The zero-order valence-corrected chi connectivity index (χ0v) is 13.9. The number of rotatable bonds is 4. The van der Waals surface area contributed by atoms with Gasteiger partial charge < -0.3 is 10.1 Å². The maximum atomic E-state index is 5.94. The van der Waals surface area contributed by atoms with Gasteiger partial charge in [-0.05, 0) is 20.8 Å². The summed E-state index contributed by atoms with van der Waals surface area (Å²) in [5, 5.41) is 3.39. The van der Waals surface area contributed by atoms with Crippen molar-refractivity contribution >= 4 is 17.6 Å². The monoisotopic (exact) mass is 308 g/mol. The summed E-state index contributed by atoms with van der Waals surface area (Å²) in [6.07, 6.45) is -0.00513. The third kappa shape index (κ3) is 3.17. The van der Waals surface area contributed by atoms with E-state index in [0.717, 1.165) is 49.4 Å². The second-order valence-corrected chi connectivity index (χ2v) is 6.81. The highest BCUT2D eigenvalue weighted by Crippen LogP contribution is 2.34. The molecule has 0 bridgehead atoms. The Kier molecular flexibility index (Phi) is 4.66. The Hall–Kier alpha value is -0.850. The van der Waals surface area contributed by atoms with Crippen LogP contribution in [0.3, 0.4) is 0 Å². The Morgan fingerprint density at radius 1 is 1.38 bits per heavy atom. The van der Waals surface area contributed by atoms with Crippen LogP contribution in [0.2, 0.25) is 0 Å². The third-order valence-electron chi connectivity index (χ3n) is 4.06. The van der Waals surface area contributed by atoms with Crippen molar-refractivity contribution in [1.29, 1.82) is 0 Å². The first kappa shape index (κ1) is 15.1. The molecule has 1 N–H and O–H groups in total. The molecule has 116 valence electrons. The van der Waals surface area contributed by atoms with Crippen LogP contribution in [0.1, 0.15) is 44.0 Å². The zero-order valence-electron chi connectivity index (χ0n) is 13.1. The van der Waals surface area contributed by atoms with Gasteiger partial charge in [-0.2, -0.15) is 11.8 Å². The van der Waals surface area contributed by atoms with Crippen LogP contribution in [-0.4, -0.2) is 47.2 Å². The predicted octanol–water partition coefficient (Wildman–Crippen LogP) is 2.44. The van der Waals surface area contributed by atoms with Gasteiger partial charge in [0.05, 0.1) is 12.3 Å². The summed E-state index contributed by atoms with van der Waals surface area (Å²) in [6, 6.07) is 0.537. The molecular formula is C15H24N4OS. The highest BCUT2D eigenvalue weighted by Gasteiger charge is 2.28. The number of anilines is 1. The van der Waals surface area contributed by atoms with E-state index >= 15 is 0 Å². The Labute approximate surface area is 130 Å². The first-order chi connectivity index (χ1) is 10.2. The molecule has 1 aromatic heterocycles. The topological polar surface area (TPSA) is 50.3 Å². The molecule has 0 saturated carbocycles. The molecule has 1 atom stereocenters. The number of nitrogens with zero attached hydrogens (tertiary/aromatic N) is 3. The van der Waals surface area contributed by atoms with Gasteiger partial charge in [-0.1, -0.05) is 0 Å². The number of morpholine rings is 1. The number of fused-ring (bicyclic) bond motifs is 1. The number of hydrogen-bond acceptors (Lipinski definition) is 6. The van der Waals surface area contributed by atoms with Gasteiger partial charge in [-0.15, -0.1) is 0 Å². The van der Waals surface area contributed by atoms with Crippen molar-refractivity contribution in [2.75, 3.05) is 31.6 Å². The summed E-state index contributed by atoms with van der Waals surface area (Å²) in [6.45, 7) is 10.1. The molecule has 5 nitrogen and oxygen atoms in total. The van der Waals surface area contributed by atoms with Gasteiger partial charge in [-0.25, -0.2) is 9.97 Å². The summed E-state index contributed by atoms with van der Waals surface area (Å²) >= 11 is 1.91. The van der Waals surface area contributed by atoms with Gasteiger partial charge in [-0.3, -0.25) is 4.90 Å². The lowest BCUT2D eigenvalue weighted by Crippen LogP contribution is -2.42. The van der Waals surface area contributed by atoms with Crippen LogP contribution in [0, 0.1) is 0 Å².